The van der Waals surface area contributed by atoms with Gasteiger partial charge < -0.3 is 20.3 Å². The lowest BCUT2D eigenvalue weighted by molar-refractivity contribution is -0.128. The molecule has 0 spiro atoms. The number of rotatable bonds is 2. The van der Waals surface area contributed by atoms with Gasteiger partial charge >= 0.3 is 6.01 Å². The summed E-state index contributed by atoms with van der Waals surface area (Å²) >= 11 is 0. The molecule has 4 rings (SSSR count). The Morgan fingerprint density at radius 1 is 1.11 bits per heavy atom. The first-order valence-electron chi connectivity index (χ1n) is 9.29. The zero-order chi connectivity index (χ0) is 19.9. The summed E-state index contributed by atoms with van der Waals surface area (Å²) in [4.78, 5) is 38.9. The maximum atomic E-state index is 12.3. The molecule has 148 valence electrons. The summed E-state index contributed by atoms with van der Waals surface area (Å²) in [5.74, 6) is 0.747. The molecular formula is C19H24N6O3. The summed E-state index contributed by atoms with van der Waals surface area (Å²) in [6.45, 7) is 5.56. The number of hydrogen-bond acceptors (Lipinski definition) is 7. The number of amides is 2. The van der Waals surface area contributed by atoms with E-state index < -0.39 is 0 Å². The average molecular weight is 384 g/mol. The van der Waals surface area contributed by atoms with Crippen LogP contribution in [0, 0.1) is 0 Å². The fourth-order valence-electron chi connectivity index (χ4n) is 2.84. The molecular weight excluding hydrogens is 360 g/mol. The van der Waals surface area contributed by atoms with Crippen LogP contribution in [0.15, 0.2) is 24.3 Å². The summed E-state index contributed by atoms with van der Waals surface area (Å²) in [6.07, 6.45) is 0.485. The topological polar surface area (TPSA) is 109 Å². The van der Waals surface area contributed by atoms with Crippen LogP contribution >= 0.6 is 0 Å². The number of fused-ring (bicyclic) bond motifs is 9. The second-order valence-corrected chi connectivity index (χ2v) is 6.35. The first kappa shape index (κ1) is 19.5. The Kier molecular flexibility index (Phi) is 6.36. The Morgan fingerprint density at radius 2 is 1.82 bits per heavy atom. The SMILES string of the molecule is CCOc1nc2nc(n1)NCCN(C(C)=O)CCNC(=O)c1ccc(cc1)C2. The van der Waals surface area contributed by atoms with E-state index in [9.17, 15) is 9.59 Å². The molecule has 2 N–H and O–H groups in total. The van der Waals surface area contributed by atoms with E-state index in [1.54, 1.807) is 17.0 Å². The summed E-state index contributed by atoms with van der Waals surface area (Å²) in [5, 5.41) is 5.98. The summed E-state index contributed by atoms with van der Waals surface area (Å²) in [6, 6.07) is 7.54. The lowest BCUT2D eigenvalue weighted by atomic mass is 10.1. The van der Waals surface area contributed by atoms with Crippen LogP contribution in [0.4, 0.5) is 5.95 Å². The number of carbonyl (C=O) groups is 2. The van der Waals surface area contributed by atoms with Gasteiger partial charge in [-0.3, -0.25) is 9.59 Å². The van der Waals surface area contributed by atoms with Crippen molar-refractivity contribution >= 4 is 17.8 Å². The lowest BCUT2D eigenvalue weighted by Gasteiger charge is -2.21. The minimum atomic E-state index is -0.165. The third-order valence-corrected chi connectivity index (χ3v) is 4.29. The molecule has 28 heavy (non-hydrogen) atoms. The van der Waals surface area contributed by atoms with E-state index in [0.717, 1.165) is 5.56 Å². The van der Waals surface area contributed by atoms with E-state index >= 15 is 0 Å². The van der Waals surface area contributed by atoms with E-state index in [-0.39, 0.29) is 17.8 Å². The highest BCUT2D eigenvalue weighted by Crippen LogP contribution is 2.13. The van der Waals surface area contributed by atoms with Gasteiger partial charge in [0.25, 0.3) is 5.91 Å². The van der Waals surface area contributed by atoms with Crippen LogP contribution in [0.1, 0.15) is 35.6 Å². The minimum Gasteiger partial charge on any atom is -0.464 e. The molecule has 0 unspecified atom stereocenters. The number of nitrogens with zero attached hydrogens (tertiary/aromatic N) is 4. The van der Waals surface area contributed by atoms with Crippen LogP contribution < -0.4 is 15.4 Å². The molecule has 1 aromatic carbocycles. The van der Waals surface area contributed by atoms with Gasteiger partial charge in [-0.1, -0.05) is 12.1 Å². The van der Waals surface area contributed by atoms with Crippen molar-refractivity contribution in [2.45, 2.75) is 20.3 Å². The Hall–Kier alpha value is -3.23. The number of anilines is 1. The molecule has 9 nitrogen and oxygen atoms in total. The third kappa shape index (κ3) is 5.15. The van der Waals surface area contributed by atoms with Gasteiger partial charge in [0.1, 0.15) is 5.82 Å². The highest BCUT2D eigenvalue weighted by Gasteiger charge is 2.13. The van der Waals surface area contributed by atoms with E-state index in [4.69, 9.17) is 4.74 Å². The van der Waals surface area contributed by atoms with Crippen molar-refractivity contribution in [3.63, 3.8) is 0 Å². The second kappa shape index (κ2) is 9.12. The Labute approximate surface area is 163 Å². The summed E-state index contributed by atoms with van der Waals surface area (Å²) < 4.78 is 5.45. The van der Waals surface area contributed by atoms with Crippen molar-refractivity contribution in [2.24, 2.45) is 0 Å². The smallest absolute Gasteiger partial charge is 0.321 e. The molecule has 2 aliphatic rings. The van der Waals surface area contributed by atoms with Crippen LogP contribution in [-0.2, 0) is 11.2 Å². The third-order valence-electron chi connectivity index (χ3n) is 4.29. The zero-order valence-corrected chi connectivity index (χ0v) is 16.1. The maximum Gasteiger partial charge on any atom is 0.321 e. The van der Waals surface area contributed by atoms with Crippen molar-refractivity contribution in [3.8, 4) is 6.01 Å². The van der Waals surface area contributed by atoms with Crippen molar-refractivity contribution in [3.05, 3.63) is 41.2 Å². The Balaban J connectivity index is 1.90. The van der Waals surface area contributed by atoms with Gasteiger partial charge in [-0.2, -0.15) is 15.0 Å². The van der Waals surface area contributed by atoms with E-state index in [1.165, 1.54) is 6.92 Å². The van der Waals surface area contributed by atoms with Crippen LogP contribution in [0.5, 0.6) is 6.01 Å². The zero-order valence-electron chi connectivity index (χ0n) is 16.1. The van der Waals surface area contributed by atoms with E-state index in [1.807, 2.05) is 19.1 Å². The van der Waals surface area contributed by atoms with Crippen LogP contribution in [-0.4, -0.2) is 64.5 Å². The van der Waals surface area contributed by atoms with Crippen LogP contribution in [0.2, 0.25) is 0 Å². The first-order chi connectivity index (χ1) is 13.5. The number of ether oxygens (including phenoxy) is 1. The van der Waals surface area contributed by atoms with Crippen molar-refractivity contribution < 1.29 is 14.3 Å². The molecule has 2 aliphatic heterocycles. The molecule has 0 saturated heterocycles. The predicted octanol–water partition coefficient (Wildman–Crippen LogP) is 0.865. The van der Waals surface area contributed by atoms with Crippen molar-refractivity contribution in [1.82, 2.24) is 25.2 Å². The van der Waals surface area contributed by atoms with E-state index in [2.05, 4.69) is 25.6 Å². The molecule has 2 amide bonds. The highest BCUT2D eigenvalue weighted by atomic mass is 16.5. The fraction of sp³-hybridized carbons (Fsp3) is 0.421. The average Bonchev–Trinajstić information content (AvgIpc) is 2.66. The molecule has 0 fully saturated rings. The normalized spacial score (nSPS) is 14.9. The van der Waals surface area contributed by atoms with Gasteiger partial charge in [0, 0.05) is 45.1 Å². The standard InChI is InChI=1S/C19H24N6O3/c1-3-28-19-23-16-12-14-4-6-15(7-5-14)17(27)20-8-10-25(13(2)26)11-9-21-18(22-16)24-19/h4-7H,3,8-12H2,1-2H3,(H,20,27)(H,21,22,23,24). The molecule has 3 heterocycles. The highest BCUT2D eigenvalue weighted by molar-refractivity contribution is 5.94. The van der Waals surface area contributed by atoms with Crippen LogP contribution in [0.3, 0.4) is 0 Å². The van der Waals surface area contributed by atoms with Crippen molar-refractivity contribution in [2.75, 3.05) is 38.1 Å². The van der Waals surface area contributed by atoms with Crippen LogP contribution in [0.25, 0.3) is 0 Å². The van der Waals surface area contributed by atoms with E-state index in [0.29, 0.717) is 56.5 Å². The Bertz CT molecular complexity index is 840. The largest absolute Gasteiger partial charge is 0.464 e. The number of benzene rings is 1. The van der Waals surface area contributed by atoms with Gasteiger partial charge in [0.05, 0.1) is 6.61 Å². The Morgan fingerprint density at radius 3 is 2.50 bits per heavy atom. The summed E-state index contributed by atoms with van der Waals surface area (Å²) in [7, 11) is 0. The second-order valence-electron chi connectivity index (χ2n) is 6.35. The lowest BCUT2D eigenvalue weighted by Crippen LogP contribution is -2.40. The molecule has 1 aromatic heterocycles. The minimum absolute atomic E-state index is 0.0622. The van der Waals surface area contributed by atoms with Gasteiger partial charge in [0.15, 0.2) is 0 Å². The predicted molar refractivity (Wildman–Crippen MR) is 103 cm³/mol. The molecule has 0 atom stereocenters. The maximum absolute atomic E-state index is 12.3. The molecule has 0 saturated carbocycles. The number of nitrogens with one attached hydrogen (secondary N) is 2. The molecule has 4 bridgehead atoms. The molecule has 2 aromatic rings. The monoisotopic (exact) mass is 384 g/mol. The van der Waals surface area contributed by atoms with Crippen molar-refractivity contribution in [1.29, 1.82) is 0 Å². The quantitative estimate of drug-likeness (QED) is 0.739. The molecule has 0 aliphatic carbocycles. The van der Waals surface area contributed by atoms with Gasteiger partial charge in [-0.15, -0.1) is 0 Å². The molecule has 9 heteroatoms. The van der Waals surface area contributed by atoms with Gasteiger partial charge in [0.2, 0.25) is 11.9 Å². The number of aromatic nitrogens is 3. The van der Waals surface area contributed by atoms with Gasteiger partial charge in [-0.05, 0) is 24.6 Å². The van der Waals surface area contributed by atoms with Gasteiger partial charge in [-0.25, -0.2) is 0 Å². The fourth-order valence-corrected chi connectivity index (χ4v) is 2.84. The number of hydrogen-bond donors (Lipinski definition) is 2. The number of carbonyl (C=O) groups excluding carboxylic acids is 2. The summed E-state index contributed by atoms with van der Waals surface area (Å²) in [5.41, 5.74) is 1.55. The first-order valence-corrected chi connectivity index (χ1v) is 9.29. The molecule has 0 radical (unpaired) electrons.